The van der Waals surface area contributed by atoms with Crippen LogP contribution in [0.3, 0.4) is 0 Å². The van der Waals surface area contributed by atoms with Crippen molar-refractivity contribution in [3.63, 3.8) is 0 Å². The molecule has 0 saturated carbocycles. The van der Waals surface area contributed by atoms with Crippen LogP contribution in [0.25, 0.3) is 0 Å². The highest BCUT2D eigenvalue weighted by atomic mass is 19.3. The predicted octanol–water partition coefficient (Wildman–Crippen LogP) is 2.53. The maximum atomic E-state index is 12.3. The fraction of sp³-hybridized carbons (Fsp3) is 0.562. The first-order valence-electron chi connectivity index (χ1n) is 7.75. The maximum absolute atomic E-state index is 12.3. The first-order valence-corrected chi connectivity index (χ1v) is 7.75. The van der Waals surface area contributed by atoms with Gasteiger partial charge in [0.2, 0.25) is 5.91 Å². The van der Waals surface area contributed by atoms with Crippen molar-refractivity contribution < 1.29 is 18.3 Å². The summed E-state index contributed by atoms with van der Waals surface area (Å²) in [4.78, 5) is 12.2. The van der Waals surface area contributed by atoms with Crippen LogP contribution in [0.15, 0.2) is 18.2 Å². The summed E-state index contributed by atoms with van der Waals surface area (Å²) in [6.07, 6.45) is 4.51. The molecule has 22 heavy (non-hydrogen) atoms. The van der Waals surface area contributed by atoms with Gasteiger partial charge < -0.3 is 15.4 Å². The Morgan fingerprint density at radius 1 is 1.32 bits per heavy atom. The average molecular weight is 310 g/mol. The van der Waals surface area contributed by atoms with Crippen molar-refractivity contribution in [2.24, 2.45) is 0 Å². The number of benzene rings is 1. The van der Waals surface area contributed by atoms with E-state index in [1.54, 1.807) is 18.2 Å². The van der Waals surface area contributed by atoms with E-state index in [1.165, 1.54) is 0 Å². The second-order valence-corrected chi connectivity index (χ2v) is 5.84. The lowest BCUT2D eigenvalue weighted by Gasteiger charge is -2.28. The Hall–Kier alpha value is -1.69. The van der Waals surface area contributed by atoms with E-state index in [0.717, 1.165) is 49.8 Å². The second-order valence-electron chi connectivity index (χ2n) is 5.84. The van der Waals surface area contributed by atoms with E-state index in [2.05, 4.69) is 15.4 Å². The molecule has 6 heteroatoms. The van der Waals surface area contributed by atoms with Crippen LogP contribution < -0.4 is 15.4 Å². The van der Waals surface area contributed by atoms with E-state index >= 15 is 0 Å². The van der Waals surface area contributed by atoms with Gasteiger partial charge >= 0.3 is 6.61 Å². The standard InChI is InChI=1S/C16H20F2N2O2/c17-16(18)22-11-6-7-12-10(9-11)3-1-4-13(12)20-15(21)14-5-2-8-19-14/h6-7,9,13-14,16,19H,1-5,8H2,(H,20,21). The van der Waals surface area contributed by atoms with E-state index < -0.39 is 6.61 Å². The lowest BCUT2D eigenvalue weighted by molar-refractivity contribution is -0.123. The quantitative estimate of drug-likeness (QED) is 0.898. The number of rotatable bonds is 4. The first kappa shape index (κ1) is 15.2. The summed E-state index contributed by atoms with van der Waals surface area (Å²) in [6, 6.07) is 4.85. The zero-order valence-electron chi connectivity index (χ0n) is 12.3. The molecule has 0 aromatic heterocycles. The molecule has 1 fully saturated rings. The molecule has 4 nitrogen and oxygen atoms in total. The van der Waals surface area contributed by atoms with Gasteiger partial charge in [0.05, 0.1) is 12.1 Å². The fourth-order valence-electron chi connectivity index (χ4n) is 3.30. The Bertz CT molecular complexity index is 545. The molecular formula is C16H20F2N2O2. The minimum atomic E-state index is -2.81. The number of alkyl halides is 2. The number of fused-ring (bicyclic) bond motifs is 1. The SMILES string of the molecule is O=C(NC1CCCc2cc(OC(F)F)ccc21)C1CCCN1. The number of hydrogen-bond acceptors (Lipinski definition) is 3. The molecule has 1 amide bonds. The van der Waals surface area contributed by atoms with Crippen molar-refractivity contribution in [2.45, 2.75) is 50.8 Å². The van der Waals surface area contributed by atoms with Crippen LogP contribution in [0, 0.1) is 0 Å². The number of ether oxygens (including phenoxy) is 1. The smallest absolute Gasteiger partial charge is 0.387 e. The van der Waals surface area contributed by atoms with Crippen molar-refractivity contribution in [1.82, 2.24) is 10.6 Å². The molecule has 1 aromatic rings. The zero-order valence-corrected chi connectivity index (χ0v) is 12.3. The largest absolute Gasteiger partial charge is 0.435 e. The highest BCUT2D eigenvalue weighted by Gasteiger charge is 2.27. The Kier molecular flexibility index (Phi) is 4.57. The van der Waals surface area contributed by atoms with Crippen LogP contribution in [0.2, 0.25) is 0 Å². The number of halogens is 2. The van der Waals surface area contributed by atoms with Crippen LogP contribution in [0.5, 0.6) is 5.75 Å². The Morgan fingerprint density at radius 2 is 2.18 bits per heavy atom. The fourth-order valence-corrected chi connectivity index (χ4v) is 3.30. The van der Waals surface area contributed by atoms with Gasteiger partial charge in [-0.3, -0.25) is 4.79 Å². The molecule has 120 valence electrons. The molecule has 2 aliphatic rings. The van der Waals surface area contributed by atoms with Gasteiger partial charge in [0.1, 0.15) is 5.75 Å². The Labute approximate surface area is 128 Å². The molecule has 2 atom stereocenters. The topological polar surface area (TPSA) is 50.4 Å². The van der Waals surface area contributed by atoms with Gasteiger partial charge in [-0.2, -0.15) is 8.78 Å². The normalized spacial score (nSPS) is 24.1. The number of carbonyl (C=O) groups is 1. The lowest BCUT2D eigenvalue weighted by atomic mass is 9.87. The maximum Gasteiger partial charge on any atom is 0.387 e. The third-order valence-corrected chi connectivity index (χ3v) is 4.35. The molecule has 1 heterocycles. The summed E-state index contributed by atoms with van der Waals surface area (Å²) in [5.74, 6) is 0.210. The molecule has 0 spiro atoms. The van der Waals surface area contributed by atoms with Gasteiger partial charge in [-0.25, -0.2) is 0 Å². The summed E-state index contributed by atoms with van der Waals surface area (Å²) < 4.78 is 29.0. The molecule has 1 aliphatic carbocycles. The number of hydrogen-bond donors (Lipinski definition) is 2. The summed E-state index contributed by atoms with van der Waals surface area (Å²) in [6.45, 7) is -1.93. The van der Waals surface area contributed by atoms with Gasteiger partial charge in [-0.1, -0.05) is 6.07 Å². The number of nitrogens with one attached hydrogen (secondary N) is 2. The highest BCUT2D eigenvalue weighted by molar-refractivity contribution is 5.82. The predicted molar refractivity (Wildman–Crippen MR) is 77.9 cm³/mol. The summed E-state index contributed by atoms with van der Waals surface area (Å²) in [5.41, 5.74) is 1.99. The van der Waals surface area contributed by atoms with E-state index in [0.29, 0.717) is 0 Å². The molecule has 1 saturated heterocycles. The van der Waals surface area contributed by atoms with Gasteiger partial charge in [0.15, 0.2) is 0 Å². The Balaban J connectivity index is 1.72. The minimum absolute atomic E-state index is 0.0308. The van der Waals surface area contributed by atoms with Gasteiger partial charge in [-0.05, 0) is 61.9 Å². The third-order valence-electron chi connectivity index (χ3n) is 4.35. The lowest BCUT2D eigenvalue weighted by Crippen LogP contribution is -2.42. The molecule has 2 unspecified atom stereocenters. The molecule has 2 N–H and O–H groups in total. The summed E-state index contributed by atoms with van der Waals surface area (Å²) in [7, 11) is 0. The third kappa shape index (κ3) is 3.38. The van der Waals surface area contributed by atoms with Crippen molar-refractivity contribution in [3.05, 3.63) is 29.3 Å². The molecular weight excluding hydrogens is 290 g/mol. The van der Waals surface area contributed by atoms with Gasteiger partial charge in [0.25, 0.3) is 0 Å². The van der Waals surface area contributed by atoms with Gasteiger partial charge in [0, 0.05) is 0 Å². The number of amides is 1. The van der Waals surface area contributed by atoms with Crippen LogP contribution >= 0.6 is 0 Å². The highest BCUT2D eigenvalue weighted by Crippen LogP contribution is 2.32. The molecule has 0 bridgehead atoms. The molecule has 3 rings (SSSR count). The van der Waals surface area contributed by atoms with Crippen molar-refractivity contribution in [2.75, 3.05) is 6.54 Å². The van der Waals surface area contributed by atoms with E-state index in [4.69, 9.17) is 0 Å². The Morgan fingerprint density at radius 3 is 2.91 bits per heavy atom. The van der Waals surface area contributed by atoms with Crippen LogP contribution in [0.4, 0.5) is 8.78 Å². The monoisotopic (exact) mass is 310 g/mol. The summed E-state index contributed by atoms with van der Waals surface area (Å²) >= 11 is 0. The van der Waals surface area contributed by atoms with E-state index in [9.17, 15) is 13.6 Å². The van der Waals surface area contributed by atoms with Crippen LogP contribution in [0.1, 0.15) is 42.9 Å². The minimum Gasteiger partial charge on any atom is -0.435 e. The van der Waals surface area contributed by atoms with Crippen LogP contribution in [-0.2, 0) is 11.2 Å². The van der Waals surface area contributed by atoms with E-state index in [-0.39, 0.29) is 23.7 Å². The van der Waals surface area contributed by atoms with Crippen molar-refractivity contribution in [1.29, 1.82) is 0 Å². The second kappa shape index (κ2) is 6.60. The van der Waals surface area contributed by atoms with Crippen LogP contribution in [-0.4, -0.2) is 25.1 Å². The zero-order chi connectivity index (χ0) is 15.5. The van der Waals surface area contributed by atoms with E-state index in [1.807, 2.05) is 0 Å². The average Bonchev–Trinajstić information content (AvgIpc) is 3.01. The molecule has 0 radical (unpaired) electrons. The summed E-state index contributed by atoms with van der Waals surface area (Å²) in [5, 5.41) is 6.27. The van der Waals surface area contributed by atoms with Crippen molar-refractivity contribution in [3.8, 4) is 5.75 Å². The number of carbonyl (C=O) groups excluding carboxylic acids is 1. The molecule has 1 aromatic carbocycles. The molecule has 1 aliphatic heterocycles. The first-order chi connectivity index (χ1) is 10.6. The van der Waals surface area contributed by atoms with Crippen molar-refractivity contribution >= 4 is 5.91 Å². The van der Waals surface area contributed by atoms with Gasteiger partial charge in [-0.15, -0.1) is 0 Å². The number of aryl methyl sites for hydroxylation is 1.